The van der Waals surface area contributed by atoms with Crippen LogP contribution in [0.15, 0.2) is 28.8 Å². The number of aryl methyl sites for hydroxylation is 1. The molecule has 1 aliphatic heterocycles. The number of hydrogen-bond acceptors (Lipinski definition) is 7. The predicted octanol–water partition coefficient (Wildman–Crippen LogP) is 3.63. The van der Waals surface area contributed by atoms with E-state index in [0.29, 0.717) is 17.1 Å². The zero-order valence-corrected chi connectivity index (χ0v) is 14.6. The fourth-order valence-electron chi connectivity index (χ4n) is 3.08. The van der Waals surface area contributed by atoms with Crippen LogP contribution in [-0.4, -0.2) is 29.1 Å². The Balaban J connectivity index is 1.76. The third-order valence-electron chi connectivity index (χ3n) is 4.38. The number of benzene rings is 1. The van der Waals surface area contributed by atoms with Crippen LogP contribution < -0.4 is 4.90 Å². The van der Waals surface area contributed by atoms with Crippen LogP contribution in [0.4, 0.5) is 11.4 Å². The highest BCUT2D eigenvalue weighted by Gasteiger charge is 2.23. The average Bonchev–Trinajstić information content (AvgIpc) is 2.88. The van der Waals surface area contributed by atoms with Crippen molar-refractivity contribution in [2.24, 2.45) is 0 Å². The van der Waals surface area contributed by atoms with Crippen LogP contribution in [-0.2, 0) is 11.3 Å². The number of carbonyl (C=O) groups is 1. The van der Waals surface area contributed by atoms with E-state index in [0.717, 1.165) is 38.8 Å². The number of nitro groups is 1. The van der Waals surface area contributed by atoms with Crippen molar-refractivity contribution in [3.63, 3.8) is 0 Å². The van der Waals surface area contributed by atoms with E-state index in [1.54, 1.807) is 25.1 Å². The molecule has 8 heteroatoms. The van der Waals surface area contributed by atoms with E-state index in [-0.39, 0.29) is 17.9 Å². The zero-order valence-electron chi connectivity index (χ0n) is 14.6. The van der Waals surface area contributed by atoms with E-state index < -0.39 is 10.9 Å². The molecule has 0 radical (unpaired) electrons. The molecule has 1 fully saturated rings. The Morgan fingerprint density at radius 1 is 1.27 bits per heavy atom. The van der Waals surface area contributed by atoms with Crippen molar-refractivity contribution in [1.29, 1.82) is 0 Å². The summed E-state index contributed by atoms with van der Waals surface area (Å²) in [7, 11) is 0. The van der Waals surface area contributed by atoms with Crippen LogP contribution >= 0.6 is 0 Å². The highest BCUT2D eigenvalue weighted by atomic mass is 16.6. The standard InChI is InChI=1S/C18H21N3O5/c1-13-10-15(26-19-13)12-25-18(22)14-6-7-16(17(11-14)21(23)24)20-8-4-2-3-5-9-20/h6-7,10-11H,2-5,8-9,12H2,1H3. The van der Waals surface area contributed by atoms with E-state index in [1.165, 1.54) is 6.07 Å². The summed E-state index contributed by atoms with van der Waals surface area (Å²) < 4.78 is 10.1. The minimum atomic E-state index is -0.635. The Kier molecular flexibility index (Phi) is 5.50. The third-order valence-corrected chi connectivity index (χ3v) is 4.38. The maximum Gasteiger partial charge on any atom is 0.338 e. The van der Waals surface area contributed by atoms with Crippen LogP contribution in [0.25, 0.3) is 0 Å². The minimum absolute atomic E-state index is 0.0681. The third kappa shape index (κ3) is 4.19. The topological polar surface area (TPSA) is 98.7 Å². The summed E-state index contributed by atoms with van der Waals surface area (Å²) in [4.78, 5) is 25.3. The summed E-state index contributed by atoms with van der Waals surface area (Å²) >= 11 is 0. The first-order valence-corrected chi connectivity index (χ1v) is 8.67. The SMILES string of the molecule is Cc1cc(COC(=O)c2ccc(N3CCCCCC3)c([N+](=O)[O-])c2)on1. The maximum atomic E-state index is 12.2. The van der Waals surface area contributed by atoms with Crippen molar-refractivity contribution in [1.82, 2.24) is 5.16 Å². The van der Waals surface area contributed by atoms with Crippen LogP contribution in [0.1, 0.15) is 47.5 Å². The Bertz CT molecular complexity index is 794. The van der Waals surface area contributed by atoms with Crippen molar-refractivity contribution >= 4 is 17.3 Å². The van der Waals surface area contributed by atoms with Crippen LogP contribution in [0, 0.1) is 17.0 Å². The molecule has 8 nitrogen and oxygen atoms in total. The number of carbonyl (C=O) groups excluding carboxylic acids is 1. The van der Waals surface area contributed by atoms with Crippen LogP contribution in [0.5, 0.6) is 0 Å². The summed E-state index contributed by atoms with van der Waals surface area (Å²) in [6.45, 7) is 3.27. The van der Waals surface area contributed by atoms with Crippen molar-refractivity contribution in [2.75, 3.05) is 18.0 Å². The molecule has 1 aromatic carbocycles. The summed E-state index contributed by atoms with van der Waals surface area (Å²) in [6.07, 6.45) is 4.29. The summed E-state index contributed by atoms with van der Waals surface area (Å²) in [5, 5.41) is 15.2. The smallest absolute Gasteiger partial charge is 0.338 e. The first kappa shape index (κ1) is 17.9. The molecular weight excluding hydrogens is 338 g/mol. The first-order chi connectivity index (χ1) is 12.5. The molecule has 0 bridgehead atoms. The number of nitrogens with zero attached hydrogens (tertiary/aromatic N) is 3. The molecule has 2 aromatic rings. The van der Waals surface area contributed by atoms with Crippen LogP contribution in [0.3, 0.4) is 0 Å². The molecule has 1 aromatic heterocycles. The van der Waals surface area contributed by atoms with Gasteiger partial charge in [-0.2, -0.15) is 0 Å². The molecule has 0 saturated carbocycles. The summed E-state index contributed by atoms with van der Waals surface area (Å²) in [5.74, 6) is -0.212. The number of anilines is 1. The lowest BCUT2D eigenvalue weighted by molar-refractivity contribution is -0.384. The second-order valence-corrected chi connectivity index (χ2v) is 6.37. The largest absolute Gasteiger partial charge is 0.454 e. The number of ether oxygens (including phenoxy) is 1. The Hall–Kier alpha value is -2.90. The molecule has 138 valence electrons. The second kappa shape index (κ2) is 7.99. The molecule has 26 heavy (non-hydrogen) atoms. The minimum Gasteiger partial charge on any atom is -0.454 e. The van der Waals surface area contributed by atoms with Crippen molar-refractivity contribution in [3.05, 3.63) is 51.4 Å². The molecule has 0 N–H and O–H groups in total. The molecule has 0 unspecified atom stereocenters. The Morgan fingerprint density at radius 3 is 2.62 bits per heavy atom. The van der Waals surface area contributed by atoms with Crippen molar-refractivity contribution in [2.45, 2.75) is 39.2 Å². The fraction of sp³-hybridized carbons (Fsp3) is 0.444. The van der Waals surface area contributed by atoms with Crippen LogP contribution in [0.2, 0.25) is 0 Å². The Morgan fingerprint density at radius 2 is 2.00 bits per heavy atom. The van der Waals surface area contributed by atoms with Gasteiger partial charge in [0.2, 0.25) is 0 Å². The predicted molar refractivity (Wildman–Crippen MR) is 94.1 cm³/mol. The van der Waals surface area contributed by atoms with E-state index in [1.807, 2.05) is 4.90 Å². The monoisotopic (exact) mass is 359 g/mol. The number of esters is 1. The van der Waals surface area contributed by atoms with Gasteiger partial charge in [-0.15, -0.1) is 0 Å². The van der Waals surface area contributed by atoms with Gasteiger partial charge in [0.05, 0.1) is 16.2 Å². The van der Waals surface area contributed by atoms with Crippen molar-refractivity contribution in [3.8, 4) is 0 Å². The van der Waals surface area contributed by atoms with Gasteiger partial charge in [-0.3, -0.25) is 10.1 Å². The fourth-order valence-corrected chi connectivity index (χ4v) is 3.08. The second-order valence-electron chi connectivity index (χ2n) is 6.37. The number of aromatic nitrogens is 1. The molecule has 2 heterocycles. The maximum absolute atomic E-state index is 12.2. The van der Waals surface area contributed by atoms with E-state index in [2.05, 4.69) is 5.16 Å². The van der Waals surface area contributed by atoms with E-state index >= 15 is 0 Å². The van der Waals surface area contributed by atoms with Gasteiger partial charge < -0.3 is 14.2 Å². The van der Waals surface area contributed by atoms with Crippen molar-refractivity contribution < 1.29 is 19.0 Å². The number of hydrogen-bond donors (Lipinski definition) is 0. The number of nitro benzene ring substituents is 1. The van der Waals surface area contributed by atoms with Gasteiger partial charge in [-0.05, 0) is 31.9 Å². The molecule has 1 saturated heterocycles. The van der Waals surface area contributed by atoms with Gasteiger partial charge in [0.15, 0.2) is 12.4 Å². The first-order valence-electron chi connectivity index (χ1n) is 8.67. The van der Waals surface area contributed by atoms with Gasteiger partial charge in [0, 0.05) is 25.2 Å². The lowest BCUT2D eigenvalue weighted by Crippen LogP contribution is -2.24. The zero-order chi connectivity index (χ0) is 18.5. The van der Waals surface area contributed by atoms with Gasteiger partial charge in [-0.1, -0.05) is 18.0 Å². The Labute approximate surface area is 150 Å². The number of rotatable bonds is 5. The lowest BCUT2D eigenvalue weighted by Gasteiger charge is -2.22. The lowest BCUT2D eigenvalue weighted by atomic mass is 10.1. The van der Waals surface area contributed by atoms with Gasteiger partial charge in [-0.25, -0.2) is 4.79 Å². The van der Waals surface area contributed by atoms with E-state index in [4.69, 9.17) is 9.26 Å². The van der Waals surface area contributed by atoms with Gasteiger partial charge in [0.1, 0.15) is 5.69 Å². The molecule has 3 rings (SSSR count). The molecule has 0 amide bonds. The summed E-state index contributed by atoms with van der Waals surface area (Å²) in [6, 6.07) is 6.16. The molecular formula is C18H21N3O5. The highest BCUT2D eigenvalue weighted by Crippen LogP contribution is 2.31. The van der Waals surface area contributed by atoms with E-state index in [9.17, 15) is 14.9 Å². The highest BCUT2D eigenvalue weighted by molar-refractivity contribution is 5.91. The summed E-state index contributed by atoms with van der Waals surface area (Å²) in [5.41, 5.74) is 1.32. The molecule has 0 atom stereocenters. The normalized spacial score (nSPS) is 14.7. The molecule has 0 aliphatic carbocycles. The molecule has 0 spiro atoms. The molecule has 1 aliphatic rings. The average molecular weight is 359 g/mol. The van der Waals surface area contributed by atoms with Gasteiger partial charge in [0.25, 0.3) is 5.69 Å². The van der Waals surface area contributed by atoms with Gasteiger partial charge >= 0.3 is 5.97 Å². The quantitative estimate of drug-likeness (QED) is 0.456.